The number of hydrogen-bond donors (Lipinski definition) is 0. The second-order valence-corrected chi connectivity index (χ2v) is 5.23. The molecule has 0 aliphatic carbocycles. The average molecular weight is 376 g/mol. The Kier molecular flexibility index (Phi) is 7.12. The molecule has 0 spiro atoms. The van der Waals surface area contributed by atoms with Crippen LogP contribution in [0.3, 0.4) is 0 Å². The van der Waals surface area contributed by atoms with Gasteiger partial charge in [-0.3, -0.25) is 13.6 Å². The fraction of sp³-hybridized carbons (Fsp3) is 1.00. The molecule has 0 fully saturated rings. The van der Waals surface area contributed by atoms with Crippen molar-refractivity contribution < 1.29 is 62.0 Å². The van der Waals surface area contributed by atoms with Gasteiger partial charge < -0.3 is 0 Å². The molecular weight excluding hydrogens is 369 g/mol. The summed E-state index contributed by atoms with van der Waals surface area (Å²) >= 11 is 0. The van der Waals surface area contributed by atoms with Crippen LogP contribution < -0.4 is 0 Å². The summed E-state index contributed by atoms with van der Waals surface area (Å²) < 4.78 is 141. The number of rotatable bonds is 8. The number of hydrogen-bond acceptors (Lipinski definition) is 4. The fourth-order valence-electron chi connectivity index (χ4n) is 0.644. The highest BCUT2D eigenvalue weighted by atomic mass is 31.2. The number of halogens is 10. The summed E-state index contributed by atoms with van der Waals surface area (Å²) in [6.45, 7) is -7.41. The molecular formula is C7H7F10O4P. The first-order valence-corrected chi connectivity index (χ1v) is 6.35. The SMILES string of the molecule is O=P(OCC(F)(F)F)(OCC(F)(F)F)OCC(F)(F)C(F)F. The Balaban J connectivity index is 4.89. The van der Waals surface area contributed by atoms with E-state index >= 15 is 0 Å². The number of phosphoric ester groups is 1. The van der Waals surface area contributed by atoms with Crippen molar-refractivity contribution in [3.05, 3.63) is 0 Å². The predicted molar refractivity (Wildman–Crippen MR) is 48.5 cm³/mol. The lowest BCUT2D eigenvalue weighted by atomic mass is 10.4. The maximum Gasteiger partial charge on any atom is 0.475 e. The zero-order chi connectivity index (χ0) is 17.8. The molecule has 0 aromatic carbocycles. The molecule has 22 heavy (non-hydrogen) atoms. The van der Waals surface area contributed by atoms with E-state index in [1.807, 2.05) is 0 Å². The van der Waals surface area contributed by atoms with Gasteiger partial charge in [-0.25, -0.2) is 13.3 Å². The molecule has 0 rings (SSSR count). The van der Waals surface area contributed by atoms with E-state index in [2.05, 4.69) is 13.6 Å². The maximum atomic E-state index is 12.5. The van der Waals surface area contributed by atoms with Gasteiger partial charge in [0.25, 0.3) is 0 Å². The van der Waals surface area contributed by atoms with Crippen LogP contribution in [0, 0.1) is 0 Å². The molecule has 0 saturated heterocycles. The normalized spacial score (nSPS) is 14.7. The minimum atomic E-state index is -5.80. The molecule has 15 heteroatoms. The van der Waals surface area contributed by atoms with E-state index in [1.54, 1.807) is 0 Å². The Hall–Kier alpha value is -0.590. The molecule has 0 aromatic heterocycles. The average Bonchev–Trinajstić information content (AvgIpc) is 2.30. The van der Waals surface area contributed by atoms with Crippen molar-refractivity contribution in [3.8, 4) is 0 Å². The van der Waals surface area contributed by atoms with Crippen molar-refractivity contribution in [1.29, 1.82) is 0 Å². The third-order valence-corrected chi connectivity index (χ3v) is 2.84. The van der Waals surface area contributed by atoms with Gasteiger partial charge in [0.1, 0.15) is 6.61 Å². The molecule has 0 heterocycles. The van der Waals surface area contributed by atoms with E-state index in [9.17, 15) is 48.5 Å². The Labute approximate surface area is 115 Å². The first kappa shape index (κ1) is 21.4. The Bertz CT molecular complexity index is 370. The molecule has 0 amide bonds. The number of phosphoric acid groups is 1. The van der Waals surface area contributed by atoms with Gasteiger partial charge in [0.15, 0.2) is 13.2 Å². The highest BCUT2D eigenvalue weighted by Gasteiger charge is 2.46. The summed E-state index contributed by atoms with van der Waals surface area (Å²) in [5.74, 6) is -4.99. The number of alkyl halides is 10. The van der Waals surface area contributed by atoms with Gasteiger partial charge in [-0.15, -0.1) is 0 Å². The summed E-state index contributed by atoms with van der Waals surface area (Å²) in [4.78, 5) is 0. The molecule has 0 aliphatic rings. The van der Waals surface area contributed by atoms with E-state index < -0.39 is 52.3 Å². The van der Waals surface area contributed by atoms with Gasteiger partial charge in [0.05, 0.1) is 0 Å². The van der Waals surface area contributed by atoms with Crippen LogP contribution in [0.1, 0.15) is 0 Å². The molecule has 4 nitrogen and oxygen atoms in total. The van der Waals surface area contributed by atoms with Crippen LogP contribution in [0.5, 0.6) is 0 Å². The van der Waals surface area contributed by atoms with Gasteiger partial charge in [-0.05, 0) is 0 Å². The van der Waals surface area contributed by atoms with Gasteiger partial charge in [0.2, 0.25) is 0 Å². The van der Waals surface area contributed by atoms with Crippen LogP contribution in [-0.4, -0.2) is 44.5 Å². The van der Waals surface area contributed by atoms with E-state index in [1.165, 1.54) is 0 Å². The molecule has 0 unspecified atom stereocenters. The maximum absolute atomic E-state index is 12.5. The van der Waals surface area contributed by atoms with Crippen molar-refractivity contribution in [2.45, 2.75) is 24.7 Å². The van der Waals surface area contributed by atoms with Crippen molar-refractivity contribution in [2.75, 3.05) is 19.8 Å². The third-order valence-electron chi connectivity index (χ3n) is 1.51. The Morgan fingerprint density at radius 1 is 0.727 bits per heavy atom. The fourth-order valence-corrected chi connectivity index (χ4v) is 1.81. The summed E-state index contributed by atoms with van der Waals surface area (Å²) in [6.07, 6.45) is -14.8. The molecule has 0 radical (unpaired) electrons. The summed E-state index contributed by atoms with van der Waals surface area (Å²) in [5, 5.41) is 0. The van der Waals surface area contributed by atoms with Crippen LogP contribution in [0.2, 0.25) is 0 Å². The van der Waals surface area contributed by atoms with E-state index in [4.69, 9.17) is 0 Å². The van der Waals surface area contributed by atoms with Gasteiger partial charge >= 0.3 is 32.5 Å². The zero-order valence-corrected chi connectivity index (χ0v) is 11.0. The van der Waals surface area contributed by atoms with Gasteiger partial charge in [-0.1, -0.05) is 0 Å². The van der Waals surface area contributed by atoms with Crippen molar-refractivity contribution in [2.24, 2.45) is 0 Å². The monoisotopic (exact) mass is 376 g/mol. The zero-order valence-electron chi connectivity index (χ0n) is 10.1. The smallest absolute Gasteiger partial charge is 0.280 e. The van der Waals surface area contributed by atoms with Crippen molar-refractivity contribution in [1.82, 2.24) is 0 Å². The van der Waals surface area contributed by atoms with Crippen LogP contribution in [-0.2, 0) is 18.1 Å². The van der Waals surface area contributed by atoms with Gasteiger partial charge in [-0.2, -0.15) is 35.1 Å². The molecule has 0 bridgehead atoms. The third kappa shape index (κ3) is 9.43. The molecule has 0 saturated carbocycles. The second-order valence-electron chi connectivity index (χ2n) is 3.56. The van der Waals surface area contributed by atoms with Crippen molar-refractivity contribution in [3.63, 3.8) is 0 Å². The minimum absolute atomic E-state index is 2.47. The molecule has 0 N–H and O–H groups in total. The molecule has 0 aromatic rings. The highest BCUT2D eigenvalue weighted by Crippen LogP contribution is 2.52. The molecule has 0 atom stereocenters. The first-order valence-electron chi connectivity index (χ1n) is 4.89. The lowest BCUT2D eigenvalue weighted by Crippen LogP contribution is -2.32. The largest absolute Gasteiger partial charge is 0.475 e. The van der Waals surface area contributed by atoms with Gasteiger partial charge in [0, 0.05) is 0 Å². The quantitative estimate of drug-likeness (QED) is 0.471. The standard InChI is InChI=1S/C7H7F10O4P/c8-4(9)5(10,11)1-19-22(18,20-2-6(12,13)14)21-3-7(15,16)17/h4H,1-3H2. The Morgan fingerprint density at radius 3 is 1.32 bits per heavy atom. The summed E-state index contributed by atoms with van der Waals surface area (Å²) in [5.41, 5.74) is 0. The highest BCUT2D eigenvalue weighted by molar-refractivity contribution is 7.48. The lowest BCUT2D eigenvalue weighted by molar-refractivity contribution is -0.178. The molecule has 0 aliphatic heterocycles. The Morgan fingerprint density at radius 2 is 1.05 bits per heavy atom. The van der Waals surface area contributed by atoms with Crippen LogP contribution >= 0.6 is 7.82 Å². The minimum Gasteiger partial charge on any atom is -0.280 e. The van der Waals surface area contributed by atoms with E-state index in [0.29, 0.717) is 0 Å². The van der Waals surface area contributed by atoms with Crippen LogP contribution in [0.4, 0.5) is 43.9 Å². The van der Waals surface area contributed by atoms with E-state index in [0.717, 1.165) is 0 Å². The summed E-state index contributed by atoms with van der Waals surface area (Å²) in [6, 6.07) is 0. The second kappa shape index (κ2) is 7.32. The first-order chi connectivity index (χ1) is 9.56. The van der Waals surface area contributed by atoms with Crippen LogP contribution in [0.15, 0.2) is 0 Å². The topological polar surface area (TPSA) is 44.8 Å². The van der Waals surface area contributed by atoms with Crippen molar-refractivity contribution >= 4 is 7.82 Å². The van der Waals surface area contributed by atoms with Crippen LogP contribution in [0.25, 0.3) is 0 Å². The molecule has 134 valence electrons. The predicted octanol–water partition coefficient (Wildman–Crippen LogP) is 4.17. The van der Waals surface area contributed by atoms with E-state index in [-0.39, 0.29) is 0 Å². The summed E-state index contributed by atoms with van der Waals surface area (Å²) in [7, 11) is -5.80. The lowest BCUT2D eigenvalue weighted by Gasteiger charge is -2.22.